The van der Waals surface area contributed by atoms with Crippen LogP contribution in [0.4, 0.5) is 9.18 Å². The van der Waals surface area contributed by atoms with E-state index >= 15 is 0 Å². The van der Waals surface area contributed by atoms with Gasteiger partial charge in [-0.05, 0) is 80.7 Å². The molecule has 4 saturated carbocycles. The minimum Gasteiger partial charge on any atom is -0.409 e. The molecule has 3 aromatic rings. The summed E-state index contributed by atoms with van der Waals surface area (Å²) in [5, 5.41) is 6.39. The number of nitrogens with one attached hydrogen (secondary N) is 2. The van der Waals surface area contributed by atoms with Gasteiger partial charge in [-0.3, -0.25) is 4.79 Å². The zero-order valence-corrected chi connectivity index (χ0v) is 18.1. The van der Waals surface area contributed by atoms with Crippen LogP contribution in [0.1, 0.15) is 48.9 Å². The first-order chi connectivity index (χ1) is 15.9. The molecule has 170 valence electrons. The van der Waals surface area contributed by atoms with Crippen molar-refractivity contribution in [2.24, 2.45) is 11.8 Å². The van der Waals surface area contributed by atoms with Gasteiger partial charge in [0.05, 0.1) is 6.20 Å². The zero-order valence-electron chi connectivity index (χ0n) is 18.1. The fraction of sp³-hybridized carbons (Fsp3) is 0.400. The van der Waals surface area contributed by atoms with Crippen LogP contribution in [0.2, 0.25) is 0 Å². The molecule has 8 heteroatoms. The van der Waals surface area contributed by atoms with Crippen LogP contribution < -0.4 is 15.4 Å². The fourth-order valence-electron chi connectivity index (χ4n) is 6.81. The topological polar surface area (TPSA) is 84.7 Å². The molecule has 2 aromatic heterocycles. The Morgan fingerprint density at radius 3 is 2.58 bits per heavy atom. The van der Waals surface area contributed by atoms with Crippen molar-refractivity contribution in [3.8, 4) is 5.75 Å². The summed E-state index contributed by atoms with van der Waals surface area (Å²) in [6.07, 6.45) is 10.0. The molecule has 0 radical (unpaired) electrons. The highest BCUT2D eigenvalue weighted by Gasteiger charge is 2.59. The van der Waals surface area contributed by atoms with Gasteiger partial charge < -0.3 is 19.8 Å². The van der Waals surface area contributed by atoms with Gasteiger partial charge in [-0.1, -0.05) is 6.07 Å². The third kappa shape index (κ3) is 3.73. The highest BCUT2D eigenvalue weighted by Crippen LogP contribution is 2.57. The first-order valence-electron chi connectivity index (χ1n) is 11.4. The van der Waals surface area contributed by atoms with Crippen LogP contribution in [0.5, 0.6) is 5.75 Å². The summed E-state index contributed by atoms with van der Waals surface area (Å²) in [7, 11) is 0. The third-order valence-corrected chi connectivity index (χ3v) is 7.47. The molecule has 4 bridgehead atoms. The fourth-order valence-corrected chi connectivity index (χ4v) is 6.81. The van der Waals surface area contributed by atoms with E-state index in [2.05, 4.69) is 15.6 Å². The number of benzene rings is 1. The highest BCUT2D eigenvalue weighted by molar-refractivity contribution is 5.94. The summed E-state index contributed by atoms with van der Waals surface area (Å²) in [5.41, 5.74) is 0.299. The number of hydrogen-bond donors (Lipinski definition) is 2. The highest BCUT2D eigenvalue weighted by atomic mass is 19.1. The normalized spacial score (nSPS) is 29.7. The molecule has 4 aliphatic rings. The quantitative estimate of drug-likeness (QED) is 0.630. The minimum absolute atomic E-state index is 0.261. The first-order valence-corrected chi connectivity index (χ1v) is 11.4. The van der Waals surface area contributed by atoms with Crippen molar-refractivity contribution in [1.29, 1.82) is 0 Å². The molecule has 0 saturated heterocycles. The molecule has 2 unspecified atom stereocenters. The Morgan fingerprint density at radius 2 is 1.82 bits per heavy atom. The lowest BCUT2D eigenvalue weighted by Crippen LogP contribution is -2.70. The molecular weight excluding hydrogens is 423 g/mol. The van der Waals surface area contributed by atoms with E-state index in [1.54, 1.807) is 47.3 Å². The Kier molecular flexibility index (Phi) is 4.47. The van der Waals surface area contributed by atoms with Crippen molar-refractivity contribution < 1.29 is 18.7 Å². The summed E-state index contributed by atoms with van der Waals surface area (Å²) in [6.45, 7) is 0. The summed E-state index contributed by atoms with van der Waals surface area (Å²) in [6, 6.07) is 9.28. The van der Waals surface area contributed by atoms with E-state index in [0.29, 0.717) is 29.6 Å². The zero-order chi connectivity index (χ0) is 22.6. The molecule has 4 aliphatic carbocycles. The van der Waals surface area contributed by atoms with E-state index in [4.69, 9.17) is 4.74 Å². The van der Waals surface area contributed by atoms with Crippen molar-refractivity contribution in [2.45, 2.75) is 49.6 Å². The maximum absolute atomic E-state index is 13.6. The van der Waals surface area contributed by atoms with Gasteiger partial charge in [0.15, 0.2) is 0 Å². The van der Waals surface area contributed by atoms with Crippen molar-refractivity contribution in [1.82, 2.24) is 20.0 Å². The molecule has 0 aliphatic heterocycles. The minimum atomic E-state index is -0.483. The van der Waals surface area contributed by atoms with Gasteiger partial charge in [0.2, 0.25) is 0 Å². The Morgan fingerprint density at radius 1 is 1.06 bits per heavy atom. The number of fused-ring (bicyclic) bond motifs is 1. The van der Waals surface area contributed by atoms with Crippen LogP contribution in [0.15, 0.2) is 55.0 Å². The van der Waals surface area contributed by atoms with Gasteiger partial charge in [-0.25, -0.2) is 14.2 Å². The second kappa shape index (κ2) is 7.30. The number of halogens is 1. The van der Waals surface area contributed by atoms with Crippen molar-refractivity contribution in [3.63, 3.8) is 0 Å². The number of carbonyl (C=O) groups excluding carboxylic acids is 2. The predicted octanol–water partition coefficient (Wildman–Crippen LogP) is 4.08. The third-order valence-electron chi connectivity index (χ3n) is 7.47. The number of aromatic nitrogens is 2. The lowest BCUT2D eigenvalue weighted by Gasteiger charge is -2.62. The maximum Gasteiger partial charge on any atom is 0.413 e. The van der Waals surface area contributed by atoms with Crippen molar-refractivity contribution in [3.05, 3.63) is 66.4 Å². The molecule has 0 spiro atoms. The molecule has 2 amide bonds. The summed E-state index contributed by atoms with van der Waals surface area (Å²) in [4.78, 5) is 30.0. The average Bonchev–Trinajstić information content (AvgIpc) is 3.19. The summed E-state index contributed by atoms with van der Waals surface area (Å²) >= 11 is 0. The Bertz CT molecular complexity index is 1240. The number of imidazole rings is 1. The lowest BCUT2D eigenvalue weighted by atomic mass is 9.50. The lowest BCUT2D eigenvalue weighted by molar-refractivity contribution is -0.0449. The van der Waals surface area contributed by atoms with E-state index in [9.17, 15) is 14.0 Å². The molecule has 4 fully saturated rings. The van der Waals surface area contributed by atoms with Gasteiger partial charge in [-0.2, -0.15) is 0 Å². The smallest absolute Gasteiger partial charge is 0.409 e. The Hall–Kier alpha value is -3.42. The summed E-state index contributed by atoms with van der Waals surface area (Å²) in [5.74, 6) is 0.617. The number of ether oxygens (including phenoxy) is 1. The van der Waals surface area contributed by atoms with Gasteiger partial charge in [0.25, 0.3) is 5.91 Å². The second-order valence-corrected chi connectivity index (χ2v) is 10.1. The van der Waals surface area contributed by atoms with Crippen molar-refractivity contribution in [2.75, 3.05) is 0 Å². The number of rotatable bonds is 4. The van der Waals surface area contributed by atoms with Gasteiger partial charge in [-0.15, -0.1) is 0 Å². The second-order valence-electron chi connectivity index (χ2n) is 10.1. The van der Waals surface area contributed by atoms with Crippen LogP contribution in [0, 0.1) is 17.7 Å². The largest absolute Gasteiger partial charge is 0.413 e. The van der Waals surface area contributed by atoms with Gasteiger partial charge in [0, 0.05) is 29.0 Å². The number of hydrogen-bond acceptors (Lipinski definition) is 4. The predicted molar refractivity (Wildman–Crippen MR) is 118 cm³/mol. The maximum atomic E-state index is 13.6. The molecule has 1 aromatic carbocycles. The van der Waals surface area contributed by atoms with E-state index in [1.807, 2.05) is 0 Å². The number of nitrogens with zero attached hydrogens (tertiary/aromatic N) is 2. The van der Waals surface area contributed by atoms with Crippen LogP contribution in [0.25, 0.3) is 5.65 Å². The number of amides is 2. The number of pyridine rings is 1. The molecule has 7 nitrogen and oxygen atoms in total. The van der Waals surface area contributed by atoms with E-state index in [1.165, 1.54) is 12.1 Å². The Balaban J connectivity index is 1.19. The SMILES string of the molecule is O=C(NC12CC3CC(C1)CC(NC(=O)c1cccc(F)c1)(C3)C2)Oc1ccc2nccn2c1. The molecular formula is C25H25FN4O3. The van der Waals surface area contributed by atoms with Gasteiger partial charge in [0.1, 0.15) is 17.2 Å². The van der Waals surface area contributed by atoms with E-state index < -0.39 is 23.0 Å². The van der Waals surface area contributed by atoms with Crippen LogP contribution >= 0.6 is 0 Å². The molecule has 7 rings (SSSR count). The summed E-state index contributed by atoms with van der Waals surface area (Å²) < 4.78 is 21.0. The first kappa shape index (κ1) is 20.2. The number of carbonyl (C=O) groups is 2. The molecule has 2 atom stereocenters. The Labute approximate surface area is 190 Å². The van der Waals surface area contributed by atoms with Crippen LogP contribution in [0.3, 0.4) is 0 Å². The van der Waals surface area contributed by atoms with Gasteiger partial charge >= 0.3 is 6.09 Å². The average molecular weight is 448 g/mol. The molecule has 2 N–H and O–H groups in total. The standard InChI is InChI=1S/C25H25FN4O3/c26-19-3-1-2-18(9-19)22(31)28-24-10-16-8-17(11-24)13-25(12-16,15-24)29-23(32)33-20-4-5-21-27-6-7-30(21)14-20/h1-7,9,14,16-17H,8,10-13,15H2,(H,28,31)(H,29,32). The van der Waals surface area contributed by atoms with Crippen LogP contribution in [-0.4, -0.2) is 32.5 Å². The monoisotopic (exact) mass is 448 g/mol. The van der Waals surface area contributed by atoms with E-state index in [0.717, 1.165) is 37.8 Å². The van der Waals surface area contributed by atoms with Crippen molar-refractivity contribution >= 4 is 17.6 Å². The van der Waals surface area contributed by atoms with Crippen LogP contribution in [-0.2, 0) is 0 Å². The molecule has 2 heterocycles. The van der Waals surface area contributed by atoms with E-state index in [-0.39, 0.29) is 5.91 Å². The molecule has 33 heavy (non-hydrogen) atoms.